The van der Waals surface area contributed by atoms with Crippen LogP contribution in [0.4, 0.5) is 0 Å². The summed E-state index contributed by atoms with van der Waals surface area (Å²) < 4.78 is 10.3. The molecule has 5 nitrogen and oxygen atoms in total. The summed E-state index contributed by atoms with van der Waals surface area (Å²) in [6, 6.07) is 6.02. The summed E-state index contributed by atoms with van der Waals surface area (Å²) in [4.78, 5) is 16.0. The quantitative estimate of drug-likeness (QED) is 0.655. The monoisotopic (exact) mass is 344 g/mol. The number of thiophene rings is 1. The van der Waals surface area contributed by atoms with Crippen molar-refractivity contribution in [3.8, 4) is 0 Å². The van der Waals surface area contributed by atoms with Crippen molar-refractivity contribution >= 4 is 17.2 Å². The minimum atomic E-state index is 0.0714. The number of rotatable bonds is 7. The molecular formula is C18H20N2O3S. The van der Waals surface area contributed by atoms with Crippen LogP contribution in [0, 0.1) is 13.8 Å². The first-order chi connectivity index (χ1) is 11.6. The third kappa shape index (κ3) is 3.94. The highest BCUT2D eigenvalue weighted by atomic mass is 32.1. The van der Waals surface area contributed by atoms with E-state index in [1.807, 2.05) is 30.9 Å². The first-order valence-electron chi connectivity index (χ1n) is 7.86. The van der Waals surface area contributed by atoms with E-state index in [1.165, 1.54) is 4.88 Å². The highest BCUT2D eigenvalue weighted by Gasteiger charge is 2.19. The molecule has 0 unspecified atom stereocenters. The molecule has 0 aliphatic carbocycles. The van der Waals surface area contributed by atoms with Gasteiger partial charge in [-0.3, -0.25) is 4.79 Å². The van der Waals surface area contributed by atoms with Gasteiger partial charge in [0.2, 0.25) is 5.91 Å². The molecule has 0 spiro atoms. The Morgan fingerprint density at radius 1 is 1.33 bits per heavy atom. The van der Waals surface area contributed by atoms with Gasteiger partial charge in [0.1, 0.15) is 5.76 Å². The average molecular weight is 344 g/mol. The zero-order valence-corrected chi connectivity index (χ0v) is 14.6. The molecule has 3 aromatic heterocycles. The molecule has 0 saturated heterocycles. The Balaban J connectivity index is 1.71. The minimum absolute atomic E-state index is 0.0714. The number of hydrogen-bond donors (Lipinski definition) is 0. The standard InChI is InChI=1S/C18H20N2O3S/c1-13-17(14(2)23-19-13)10-18(21)20(11-15-6-8-22-12-15)7-5-16-4-3-9-24-16/h3-4,6,8-9,12H,5,7,10-11H2,1-2H3. The number of aromatic nitrogens is 1. The topological polar surface area (TPSA) is 59.5 Å². The second kappa shape index (κ2) is 7.49. The summed E-state index contributed by atoms with van der Waals surface area (Å²) in [5.74, 6) is 0.782. The zero-order chi connectivity index (χ0) is 16.9. The molecule has 0 N–H and O–H groups in total. The molecule has 6 heteroatoms. The molecule has 3 heterocycles. The minimum Gasteiger partial charge on any atom is -0.472 e. The van der Waals surface area contributed by atoms with Gasteiger partial charge in [-0.05, 0) is 37.8 Å². The van der Waals surface area contributed by atoms with Gasteiger partial charge in [-0.2, -0.15) is 0 Å². The Morgan fingerprint density at radius 3 is 2.83 bits per heavy atom. The van der Waals surface area contributed by atoms with Gasteiger partial charge >= 0.3 is 0 Å². The predicted molar refractivity (Wildman–Crippen MR) is 91.8 cm³/mol. The SMILES string of the molecule is Cc1noc(C)c1CC(=O)N(CCc1cccs1)Cc1ccoc1. The van der Waals surface area contributed by atoms with Crippen LogP contribution < -0.4 is 0 Å². The van der Waals surface area contributed by atoms with Crippen LogP contribution in [0.5, 0.6) is 0 Å². The fraction of sp³-hybridized carbons (Fsp3) is 0.333. The molecule has 0 aliphatic rings. The maximum absolute atomic E-state index is 12.8. The van der Waals surface area contributed by atoms with Crippen molar-refractivity contribution in [3.05, 3.63) is 63.6 Å². The third-order valence-electron chi connectivity index (χ3n) is 4.02. The molecule has 1 amide bonds. The number of amides is 1. The van der Waals surface area contributed by atoms with Gasteiger partial charge < -0.3 is 13.8 Å². The van der Waals surface area contributed by atoms with Crippen molar-refractivity contribution in [1.29, 1.82) is 0 Å². The third-order valence-corrected chi connectivity index (χ3v) is 4.96. The van der Waals surface area contributed by atoms with Gasteiger partial charge in [0.25, 0.3) is 0 Å². The molecular weight excluding hydrogens is 324 g/mol. The lowest BCUT2D eigenvalue weighted by Gasteiger charge is -2.22. The Labute approximate surface area is 144 Å². The predicted octanol–water partition coefficient (Wildman–Crippen LogP) is 3.76. The van der Waals surface area contributed by atoms with E-state index in [1.54, 1.807) is 23.9 Å². The van der Waals surface area contributed by atoms with Crippen LogP contribution in [-0.4, -0.2) is 22.5 Å². The van der Waals surface area contributed by atoms with E-state index in [-0.39, 0.29) is 5.91 Å². The Kier molecular flexibility index (Phi) is 5.15. The Hall–Kier alpha value is -2.34. The molecule has 0 aromatic carbocycles. The van der Waals surface area contributed by atoms with Crippen LogP contribution in [0.25, 0.3) is 0 Å². The molecule has 3 aromatic rings. The average Bonchev–Trinajstić information content (AvgIpc) is 3.31. The Morgan fingerprint density at radius 2 is 2.21 bits per heavy atom. The number of carbonyl (C=O) groups is 1. The van der Waals surface area contributed by atoms with Crippen LogP contribution in [0.1, 0.15) is 27.5 Å². The molecule has 0 fully saturated rings. The summed E-state index contributed by atoms with van der Waals surface area (Å²) in [5.41, 5.74) is 2.66. The van der Waals surface area contributed by atoms with Crippen LogP contribution in [0.3, 0.4) is 0 Å². The molecule has 0 radical (unpaired) electrons. The molecule has 24 heavy (non-hydrogen) atoms. The molecule has 0 saturated carbocycles. The van der Waals surface area contributed by atoms with Crippen molar-refractivity contribution < 1.29 is 13.7 Å². The van der Waals surface area contributed by atoms with Gasteiger partial charge in [-0.1, -0.05) is 11.2 Å². The van der Waals surface area contributed by atoms with Gasteiger partial charge in [0.15, 0.2) is 0 Å². The maximum Gasteiger partial charge on any atom is 0.227 e. The van der Waals surface area contributed by atoms with E-state index in [0.717, 1.165) is 23.2 Å². The fourth-order valence-electron chi connectivity index (χ4n) is 2.61. The summed E-state index contributed by atoms with van der Waals surface area (Å²) in [6.45, 7) is 4.93. The first kappa shape index (κ1) is 16.5. The van der Waals surface area contributed by atoms with E-state index >= 15 is 0 Å². The highest BCUT2D eigenvalue weighted by Crippen LogP contribution is 2.17. The molecule has 0 aliphatic heterocycles. The number of carbonyl (C=O) groups excluding carboxylic acids is 1. The van der Waals surface area contributed by atoms with Gasteiger partial charge in [-0.25, -0.2) is 0 Å². The smallest absolute Gasteiger partial charge is 0.227 e. The zero-order valence-electron chi connectivity index (χ0n) is 13.8. The first-order valence-corrected chi connectivity index (χ1v) is 8.74. The molecule has 126 valence electrons. The van der Waals surface area contributed by atoms with Crippen LogP contribution in [0.15, 0.2) is 45.0 Å². The van der Waals surface area contributed by atoms with E-state index in [0.29, 0.717) is 25.3 Å². The number of hydrogen-bond acceptors (Lipinski definition) is 5. The molecule has 0 bridgehead atoms. The van der Waals surface area contributed by atoms with Gasteiger partial charge in [-0.15, -0.1) is 11.3 Å². The van der Waals surface area contributed by atoms with Crippen LogP contribution in [0.2, 0.25) is 0 Å². The maximum atomic E-state index is 12.8. The molecule has 0 atom stereocenters. The van der Waals surface area contributed by atoms with E-state index in [4.69, 9.17) is 8.94 Å². The summed E-state index contributed by atoms with van der Waals surface area (Å²) in [6.07, 6.45) is 4.47. The lowest BCUT2D eigenvalue weighted by atomic mass is 10.1. The van der Waals surface area contributed by atoms with Gasteiger partial charge in [0.05, 0.1) is 24.6 Å². The van der Waals surface area contributed by atoms with Crippen molar-refractivity contribution in [1.82, 2.24) is 10.1 Å². The van der Waals surface area contributed by atoms with E-state index < -0.39 is 0 Å². The van der Waals surface area contributed by atoms with Crippen LogP contribution in [-0.2, 0) is 24.2 Å². The van der Waals surface area contributed by atoms with Crippen molar-refractivity contribution in [2.24, 2.45) is 0 Å². The molecule has 3 rings (SSSR count). The summed E-state index contributed by atoms with van der Waals surface area (Å²) in [5, 5.41) is 5.99. The summed E-state index contributed by atoms with van der Waals surface area (Å²) >= 11 is 1.71. The number of aryl methyl sites for hydroxylation is 2. The van der Waals surface area contributed by atoms with Crippen molar-refractivity contribution in [3.63, 3.8) is 0 Å². The van der Waals surface area contributed by atoms with Crippen molar-refractivity contribution in [2.45, 2.75) is 33.2 Å². The van der Waals surface area contributed by atoms with E-state index in [2.05, 4.69) is 16.6 Å². The number of nitrogens with zero attached hydrogens (tertiary/aromatic N) is 2. The van der Waals surface area contributed by atoms with Crippen LogP contribution >= 0.6 is 11.3 Å². The largest absolute Gasteiger partial charge is 0.472 e. The van der Waals surface area contributed by atoms with E-state index in [9.17, 15) is 4.79 Å². The highest BCUT2D eigenvalue weighted by molar-refractivity contribution is 7.09. The van der Waals surface area contributed by atoms with Gasteiger partial charge in [0, 0.05) is 29.1 Å². The lowest BCUT2D eigenvalue weighted by molar-refractivity contribution is -0.131. The second-order valence-corrected chi connectivity index (χ2v) is 6.79. The Bertz CT molecular complexity index is 756. The lowest BCUT2D eigenvalue weighted by Crippen LogP contribution is -2.33. The number of furan rings is 1. The normalized spacial score (nSPS) is 10.9. The van der Waals surface area contributed by atoms with Crippen molar-refractivity contribution in [2.75, 3.05) is 6.54 Å². The second-order valence-electron chi connectivity index (χ2n) is 5.76. The summed E-state index contributed by atoms with van der Waals surface area (Å²) in [7, 11) is 0. The fourth-order valence-corrected chi connectivity index (χ4v) is 3.31.